The number of cyclic esters (lactones) is 2. The highest BCUT2D eigenvalue weighted by Gasteiger charge is 2.38. The Morgan fingerprint density at radius 2 is 1.62 bits per heavy atom. The van der Waals surface area contributed by atoms with Crippen molar-refractivity contribution >= 4 is 23.9 Å². The largest absolute Gasteiger partial charge is 0.483 e. The van der Waals surface area contributed by atoms with Gasteiger partial charge in [0.15, 0.2) is 6.61 Å². The number of ether oxygens (including phenoxy) is 3. The predicted octanol–water partition coefficient (Wildman–Crippen LogP) is 2.60. The first-order valence-corrected chi connectivity index (χ1v) is 9.05. The van der Waals surface area contributed by atoms with Crippen molar-refractivity contribution in [2.24, 2.45) is 0 Å². The van der Waals surface area contributed by atoms with Gasteiger partial charge in [0.1, 0.15) is 11.3 Å². The molecule has 2 aromatic carbocycles. The molecule has 0 aliphatic carbocycles. The number of esters is 2. The van der Waals surface area contributed by atoms with Crippen LogP contribution in [0, 0.1) is 0 Å². The van der Waals surface area contributed by atoms with E-state index in [-0.39, 0.29) is 18.1 Å². The van der Waals surface area contributed by atoms with E-state index >= 15 is 0 Å². The minimum absolute atomic E-state index is 0.213. The molecule has 1 heterocycles. The van der Waals surface area contributed by atoms with Gasteiger partial charge in [-0.25, -0.2) is 9.59 Å². The zero-order valence-electron chi connectivity index (χ0n) is 16.1. The van der Waals surface area contributed by atoms with Gasteiger partial charge in [-0.1, -0.05) is 48.5 Å². The fourth-order valence-corrected chi connectivity index (χ4v) is 2.66. The fourth-order valence-electron chi connectivity index (χ4n) is 2.66. The molecular weight excluding hydrogens is 374 g/mol. The molecule has 0 atom stereocenters. The highest BCUT2D eigenvalue weighted by molar-refractivity contribution is 6.19. The number of carbonyl (C=O) groups is 3. The van der Waals surface area contributed by atoms with Crippen LogP contribution in [0.25, 0.3) is 6.08 Å². The zero-order valence-corrected chi connectivity index (χ0v) is 16.1. The van der Waals surface area contributed by atoms with Crippen LogP contribution in [-0.2, 0) is 30.4 Å². The Bertz CT molecular complexity index is 927. The summed E-state index contributed by atoms with van der Waals surface area (Å²) in [5.41, 5.74) is 1.18. The van der Waals surface area contributed by atoms with Crippen molar-refractivity contribution in [3.05, 3.63) is 71.3 Å². The van der Waals surface area contributed by atoms with E-state index in [4.69, 9.17) is 14.2 Å². The summed E-state index contributed by atoms with van der Waals surface area (Å²) >= 11 is 0. The van der Waals surface area contributed by atoms with Gasteiger partial charge in [0.25, 0.3) is 11.7 Å². The first-order chi connectivity index (χ1) is 13.8. The Kier molecular flexibility index (Phi) is 5.97. The second-order valence-corrected chi connectivity index (χ2v) is 6.83. The summed E-state index contributed by atoms with van der Waals surface area (Å²) in [6.07, 6.45) is 1.33. The van der Waals surface area contributed by atoms with Crippen molar-refractivity contribution in [3.63, 3.8) is 0 Å². The summed E-state index contributed by atoms with van der Waals surface area (Å²) in [7, 11) is 0. The van der Waals surface area contributed by atoms with Crippen molar-refractivity contribution in [1.29, 1.82) is 0 Å². The molecule has 0 saturated carbocycles. The van der Waals surface area contributed by atoms with Crippen molar-refractivity contribution in [1.82, 2.24) is 5.32 Å². The van der Waals surface area contributed by atoms with Crippen molar-refractivity contribution in [2.75, 3.05) is 6.61 Å². The van der Waals surface area contributed by atoms with E-state index in [9.17, 15) is 14.4 Å². The third-order valence-electron chi connectivity index (χ3n) is 4.03. The molecular formula is C22H21NO6. The molecule has 0 aromatic heterocycles. The normalized spacial score (nSPS) is 15.2. The maximum Gasteiger partial charge on any atom is 0.348 e. The SMILES string of the molecule is CC1(C)OC(=O)C(=Cc2ccccc2OCC(=O)NCc2ccccc2)C(=O)O1. The van der Waals surface area contributed by atoms with Gasteiger partial charge in [0.2, 0.25) is 0 Å². The highest BCUT2D eigenvalue weighted by atomic mass is 16.7. The molecule has 0 unspecified atom stereocenters. The lowest BCUT2D eigenvalue weighted by Gasteiger charge is -2.29. The number of hydrogen-bond acceptors (Lipinski definition) is 6. The van der Waals surface area contributed by atoms with E-state index in [0.717, 1.165) is 5.56 Å². The summed E-state index contributed by atoms with van der Waals surface area (Å²) in [5, 5.41) is 2.77. The quantitative estimate of drug-likeness (QED) is 0.459. The number of rotatable bonds is 6. The first kappa shape index (κ1) is 20.1. The Balaban J connectivity index is 1.65. The molecule has 2 aromatic rings. The Morgan fingerprint density at radius 1 is 1.00 bits per heavy atom. The van der Waals surface area contributed by atoms with Gasteiger partial charge in [0, 0.05) is 26.0 Å². The van der Waals surface area contributed by atoms with Gasteiger partial charge in [-0.05, 0) is 17.7 Å². The average molecular weight is 395 g/mol. The molecule has 1 saturated heterocycles. The van der Waals surface area contributed by atoms with E-state index in [1.807, 2.05) is 30.3 Å². The zero-order chi connectivity index (χ0) is 20.9. The molecule has 150 valence electrons. The number of carbonyl (C=O) groups excluding carboxylic acids is 3. The molecule has 3 rings (SSSR count). The maximum absolute atomic E-state index is 12.1. The van der Waals surface area contributed by atoms with Crippen LogP contribution in [0.3, 0.4) is 0 Å². The van der Waals surface area contributed by atoms with Crippen molar-refractivity contribution in [2.45, 2.75) is 26.2 Å². The van der Waals surface area contributed by atoms with E-state index in [1.165, 1.54) is 19.9 Å². The molecule has 1 fully saturated rings. The summed E-state index contributed by atoms with van der Waals surface area (Å²) in [6.45, 7) is 3.13. The summed E-state index contributed by atoms with van der Waals surface area (Å²) < 4.78 is 15.8. The van der Waals surface area contributed by atoms with Gasteiger partial charge in [-0.3, -0.25) is 4.79 Å². The fraction of sp³-hybridized carbons (Fsp3) is 0.227. The van der Waals surface area contributed by atoms with Gasteiger partial charge in [-0.15, -0.1) is 0 Å². The molecule has 29 heavy (non-hydrogen) atoms. The Labute approximate surface area is 168 Å². The van der Waals surface area contributed by atoms with Crippen LogP contribution in [-0.4, -0.2) is 30.2 Å². The van der Waals surface area contributed by atoms with Gasteiger partial charge in [0.05, 0.1) is 0 Å². The number of benzene rings is 2. The Morgan fingerprint density at radius 3 is 2.31 bits per heavy atom. The molecule has 7 nitrogen and oxygen atoms in total. The molecule has 7 heteroatoms. The summed E-state index contributed by atoms with van der Waals surface area (Å²) in [5.74, 6) is -2.81. The number of para-hydroxylation sites is 1. The summed E-state index contributed by atoms with van der Waals surface area (Å²) in [6, 6.07) is 16.2. The standard InChI is InChI=1S/C22H21NO6/c1-22(2)28-20(25)17(21(26)29-22)12-16-10-6-7-11-18(16)27-14-19(24)23-13-15-8-4-3-5-9-15/h3-12H,13-14H2,1-2H3,(H,23,24). The molecule has 1 aliphatic heterocycles. The van der Waals surface area contributed by atoms with Crippen LogP contribution in [0.1, 0.15) is 25.0 Å². The predicted molar refractivity (Wildman–Crippen MR) is 104 cm³/mol. The molecule has 0 radical (unpaired) electrons. The highest BCUT2D eigenvalue weighted by Crippen LogP contribution is 2.27. The van der Waals surface area contributed by atoms with Gasteiger partial charge < -0.3 is 19.5 Å². The number of amides is 1. The van der Waals surface area contributed by atoms with Crippen molar-refractivity contribution < 1.29 is 28.6 Å². The van der Waals surface area contributed by atoms with E-state index in [1.54, 1.807) is 24.3 Å². The van der Waals surface area contributed by atoms with Gasteiger partial charge in [-0.2, -0.15) is 0 Å². The van der Waals surface area contributed by atoms with Crippen LogP contribution >= 0.6 is 0 Å². The lowest BCUT2D eigenvalue weighted by molar-refractivity contribution is -0.222. The van der Waals surface area contributed by atoms with E-state index in [0.29, 0.717) is 17.9 Å². The van der Waals surface area contributed by atoms with Crippen LogP contribution in [0.4, 0.5) is 0 Å². The minimum Gasteiger partial charge on any atom is -0.483 e. The van der Waals surface area contributed by atoms with Crippen molar-refractivity contribution in [3.8, 4) is 5.75 Å². The van der Waals surface area contributed by atoms with E-state index in [2.05, 4.69) is 5.32 Å². The summed E-state index contributed by atoms with van der Waals surface area (Å²) in [4.78, 5) is 36.3. The van der Waals surface area contributed by atoms with Crippen LogP contribution in [0.15, 0.2) is 60.2 Å². The monoisotopic (exact) mass is 395 g/mol. The number of nitrogens with one attached hydrogen (secondary N) is 1. The lowest BCUT2D eigenvalue weighted by Crippen LogP contribution is -2.41. The van der Waals surface area contributed by atoms with Crippen LogP contribution in [0.2, 0.25) is 0 Å². The lowest BCUT2D eigenvalue weighted by atomic mass is 10.1. The molecule has 0 spiro atoms. The minimum atomic E-state index is -1.31. The van der Waals surface area contributed by atoms with Crippen LogP contribution < -0.4 is 10.1 Å². The smallest absolute Gasteiger partial charge is 0.348 e. The molecule has 0 bridgehead atoms. The average Bonchev–Trinajstić information content (AvgIpc) is 2.68. The molecule has 1 N–H and O–H groups in total. The van der Waals surface area contributed by atoms with E-state index < -0.39 is 17.7 Å². The van der Waals surface area contributed by atoms with Gasteiger partial charge >= 0.3 is 11.9 Å². The second-order valence-electron chi connectivity index (χ2n) is 6.83. The third kappa shape index (κ3) is 5.44. The second kappa shape index (κ2) is 8.60. The topological polar surface area (TPSA) is 90.9 Å². The molecule has 1 amide bonds. The number of hydrogen-bond donors (Lipinski definition) is 1. The third-order valence-corrected chi connectivity index (χ3v) is 4.03. The Hall–Kier alpha value is -3.61. The first-order valence-electron chi connectivity index (χ1n) is 9.05. The van der Waals surface area contributed by atoms with Crippen LogP contribution in [0.5, 0.6) is 5.75 Å². The maximum atomic E-state index is 12.1. The molecule has 1 aliphatic rings.